The first-order valence-corrected chi connectivity index (χ1v) is 13.9. The fraction of sp³-hybridized carbons (Fsp3) is 0.417. The Morgan fingerprint density at radius 2 is 1.55 bits per heavy atom. The van der Waals surface area contributed by atoms with Gasteiger partial charge in [-0.25, -0.2) is 0 Å². The third-order valence-corrected chi connectivity index (χ3v) is 6.40. The summed E-state index contributed by atoms with van der Waals surface area (Å²) in [4.78, 5) is 27.4. The van der Waals surface area contributed by atoms with Crippen LogP contribution in [0.15, 0.2) is 60.7 Å². The van der Waals surface area contributed by atoms with Crippen molar-refractivity contribution in [2.75, 3.05) is 14.2 Å². The lowest BCUT2D eigenvalue weighted by molar-refractivity contribution is -0.311. The fourth-order valence-electron chi connectivity index (χ4n) is 4.27. The molecule has 166 valence electrons. The van der Waals surface area contributed by atoms with Crippen LogP contribution in [-0.2, 0) is 18.7 Å². The van der Waals surface area contributed by atoms with Crippen molar-refractivity contribution in [2.45, 2.75) is 50.4 Å². The van der Waals surface area contributed by atoms with E-state index in [4.69, 9.17) is 13.9 Å². The first kappa shape index (κ1) is 23.2. The minimum absolute atomic E-state index is 0.115. The van der Waals surface area contributed by atoms with Crippen molar-refractivity contribution in [1.29, 1.82) is 0 Å². The number of amides is 1. The number of ether oxygens (including phenoxy) is 2. The van der Waals surface area contributed by atoms with Crippen LogP contribution in [0.4, 0.5) is 0 Å². The Morgan fingerprint density at radius 1 is 0.968 bits per heavy atom. The van der Waals surface area contributed by atoms with Gasteiger partial charge in [-0.2, -0.15) is 0 Å². The molecule has 0 aliphatic carbocycles. The van der Waals surface area contributed by atoms with Gasteiger partial charge in [0.1, 0.15) is 6.04 Å². The Kier molecular flexibility index (Phi) is 6.98. The van der Waals surface area contributed by atoms with Crippen LogP contribution in [-0.4, -0.2) is 51.1 Å². The van der Waals surface area contributed by atoms with Crippen LogP contribution in [0, 0.1) is 0 Å². The summed E-state index contributed by atoms with van der Waals surface area (Å²) in [5.74, 6) is -1.48. The molecule has 31 heavy (non-hydrogen) atoms. The molecule has 1 fully saturated rings. The predicted octanol–water partition coefficient (Wildman–Crippen LogP) is 4.40. The molecule has 0 saturated carbocycles. The summed E-state index contributed by atoms with van der Waals surface area (Å²) in [6, 6.07) is 18.1. The molecule has 3 rings (SSSR count). The lowest BCUT2D eigenvalue weighted by Gasteiger charge is -2.63. The highest BCUT2D eigenvalue weighted by atomic mass is 28.4. The number of carbonyl (C=O) groups is 2. The zero-order chi connectivity index (χ0) is 22.6. The van der Waals surface area contributed by atoms with Crippen LogP contribution in [0.5, 0.6) is 0 Å². The number of methoxy groups -OCH3 is 2. The molecule has 0 aromatic heterocycles. The van der Waals surface area contributed by atoms with Crippen molar-refractivity contribution in [3.8, 4) is 0 Å². The van der Waals surface area contributed by atoms with E-state index in [0.29, 0.717) is 12.0 Å². The van der Waals surface area contributed by atoms with Crippen molar-refractivity contribution < 1.29 is 23.5 Å². The minimum atomic E-state index is -2.09. The molecule has 1 amide bonds. The maximum atomic E-state index is 13.6. The molecular formula is C24H31NO5Si. The van der Waals surface area contributed by atoms with Crippen LogP contribution < -0.4 is 0 Å². The topological polar surface area (TPSA) is 65.1 Å². The third-order valence-electron chi connectivity index (χ3n) is 5.46. The van der Waals surface area contributed by atoms with Gasteiger partial charge in [0.05, 0.1) is 13.2 Å². The van der Waals surface area contributed by atoms with E-state index in [-0.39, 0.29) is 18.3 Å². The molecule has 6 nitrogen and oxygen atoms in total. The second-order valence-corrected chi connectivity index (χ2v) is 13.1. The fourth-order valence-corrected chi connectivity index (χ4v) is 5.56. The largest absolute Gasteiger partial charge is 0.469 e. The first-order valence-electron chi connectivity index (χ1n) is 10.5. The van der Waals surface area contributed by atoms with Crippen LogP contribution in [0.2, 0.25) is 19.6 Å². The quantitative estimate of drug-likeness (QED) is 0.345. The monoisotopic (exact) mass is 441 g/mol. The summed E-state index contributed by atoms with van der Waals surface area (Å²) in [7, 11) is 0.895. The molecule has 1 saturated heterocycles. The van der Waals surface area contributed by atoms with Gasteiger partial charge < -0.3 is 18.8 Å². The smallest absolute Gasteiger partial charge is 0.305 e. The summed E-state index contributed by atoms with van der Waals surface area (Å²) in [5, 5.41) is 0. The molecule has 1 heterocycles. The second kappa shape index (κ2) is 9.34. The van der Waals surface area contributed by atoms with Crippen molar-refractivity contribution in [1.82, 2.24) is 4.90 Å². The van der Waals surface area contributed by atoms with Crippen LogP contribution in [0.1, 0.15) is 34.8 Å². The number of carbonyl (C=O) groups excluding carboxylic acids is 2. The second-order valence-electron chi connectivity index (χ2n) is 8.66. The Balaban J connectivity index is 2.08. The normalized spacial score (nSPS) is 23.2. The van der Waals surface area contributed by atoms with Gasteiger partial charge >= 0.3 is 5.97 Å². The molecule has 0 N–H and O–H groups in total. The lowest BCUT2D eigenvalue weighted by Crippen LogP contribution is -2.76. The standard InChI is InChI=1S/C24H31NO5Si/c1-28-21(26)17-16-20-24(29-2,30-31(3,4)5)22(18-12-8-6-9-13-18)25(20)23(27)19-14-10-7-11-15-19/h6-15,20,22H,16-17H2,1-5H3/t20-,22+,24+/m0/s1. The number of benzene rings is 2. The maximum absolute atomic E-state index is 13.6. The van der Waals surface area contributed by atoms with Gasteiger partial charge in [-0.3, -0.25) is 9.59 Å². The van der Waals surface area contributed by atoms with E-state index in [1.165, 1.54) is 7.11 Å². The van der Waals surface area contributed by atoms with Crippen molar-refractivity contribution >= 4 is 20.2 Å². The van der Waals surface area contributed by atoms with Gasteiger partial charge in [-0.15, -0.1) is 0 Å². The Hall–Kier alpha value is -2.48. The Labute approximate surface area is 185 Å². The highest BCUT2D eigenvalue weighted by Crippen LogP contribution is 2.53. The lowest BCUT2D eigenvalue weighted by atomic mass is 9.77. The number of hydrogen-bond acceptors (Lipinski definition) is 5. The summed E-state index contributed by atoms with van der Waals surface area (Å²) < 4.78 is 17.6. The molecule has 1 aliphatic heterocycles. The zero-order valence-corrected chi connectivity index (χ0v) is 19.8. The van der Waals surface area contributed by atoms with Gasteiger partial charge in [0, 0.05) is 19.1 Å². The Bertz CT molecular complexity index is 899. The SMILES string of the molecule is COC(=O)CC[C@@H]1N(C(=O)c2ccccc2)[C@H](c2ccccc2)[C@]1(OC)O[Si](C)(C)C. The molecule has 2 aromatic rings. The van der Waals surface area contributed by atoms with E-state index in [0.717, 1.165) is 5.56 Å². The molecule has 1 aliphatic rings. The summed E-state index contributed by atoms with van der Waals surface area (Å²) in [6.07, 6.45) is 0.550. The number of nitrogens with zero attached hydrogens (tertiary/aromatic N) is 1. The highest BCUT2D eigenvalue weighted by Gasteiger charge is 2.65. The van der Waals surface area contributed by atoms with E-state index in [1.807, 2.05) is 48.5 Å². The summed E-state index contributed by atoms with van der Waals surface area (Å²) in [5.41, 5.74) is 1.52. The van der Waals surface area contributed by atoms with Gasteiger partial charge in [0.15, 0.2) is 8.32 Å². The molecule has 2 aromatic carbocycles. The summed E-state index contributed by atoms with van der Waals surface area (Å²) >= 11 is 0. The van der Waals surface area contributed by atoms with E-state index < -0.39 is 26.2 Å². The first-order chi connectivity index (χ1) is 14.7. The molecule has 3 atom stereocenters. The highest BCUT2D eigenvalue weighted by molar-refractivity contribution is 6.69. The van der Waals surface area contributed by atoms with Crippen LogP contribution >= 0.6 is 0 Å². The number of hydrogen-bond donors (Lipinski definition) is 0. The van der Waals surface area contributed by atoms with Gasteiger partial charge in [-0.05, 0) is 43.8 Å². The molecular weight excluding hydrogens is 410 g/mol. The minimum Gasteiger partial charge on any atom is -0.469 e. The molecule has 7 heteroatoms. The number of likely N-dealkylation sites (tertiary alicyclic amines) is 1. The van der Waals surface area contributed by atoms with E-state index in [9.17, 15) is 9.59 Å². The zero-order valence-electron chi connectivity index (χ0n) is 18.8. The van der Waals surface area contributed by atoms with Gasteiger partial charge in [0.2, 0.25) is 5.79 Å². The molecule has 0 spiro atoms. The predicted molar refractivity (Wildman–Crippen MR) is 121 cm³/mol. The van der Waals surface area contributed by atoms with E-state index >= 15 is 0 Å². The van der Waals surface area contributed by atoms with Crippen LogP contribution in [0.25, 0.3) is 0 Å². The summed E-state index contributed by atoms with van der Waals surface area (Å²) in [6.45, 7) is 6.28. The molecule has 0 radical (unpaired) electrons. The van der Waals surface area contributed by atoms with Crippen LogP contribution in [0.3, 0.4) is 0 Å². The third kappa shape index (κ3) is 4.73. The van der Waals surface area contributed by atoms with E-state index in [1.54, 1.807) is 24.1 Å². The van der Waals surface area contributed by atoms with Crippen molar-refractivity contribution in [3.05, 3.63) is 71.8 Å². The Morgan fingerprint density at radius 3 is 2.06 bits per heavy atom. The van der Waals surface area contributed by atoms with Gasteiger partial charge in [-0.1, -0.05) is 48.5 Å². The van der Waals surface area contributed by atoms with Crippen molar-refractivity contribution in [2.24, 2.45) is 0 Å². The molecule has 0 unspecified atom stereocenters. The van der Waals surface area contributed by atoms with E-state index in [2.05, 4.69) is 19.6 Å². The maximum Gasteiger partial charge on any atom is 0.305 e. The number of rotatable bonds is 8. The average molecular weight is 442 g/mol. The van der Waals surface area contributed by atoms with Gasteiger partial charge in [0.25, 0.3) is 5.91 Å². The van der Waals surface area contributed by atoms with Crippen molar-refractivity contribution in [3.63, 3.8) is 0 Å². The average Bonchev–Trinajstić information content (AvgIpc) is 2.76. The molecule has 0 bridgehead atoms. The number of esters is 1.